The van der Waals surface area contributed by atoms with E-state index in [1.165, 1.54) is 0 Å². The topological polar surface area (TPSA) is 89.9 Å². The number of aliphatic hydroxyl groups is 1. The lowest BCUT2D eigenvalue weighted by Crippen LogP contribution is -2.42. The number of amides is 2. The molecule has 96 valence electrons. The standard InChI is InChI=1S/C11H18N2O4/c14-6-8-1-4-13(5-8)10(17)12-7-11(2-3-11)9(15)16/h8,14H,1-7H2,(H,12,17)(H,15,16). The van der Waals surface area contributed by atoms with Crippen LogP contribution in [0.15, 0.2) is 0 Å². The second-order valence-corrected chi connectivity index (χ2v) is 5.03. The second kappa shape index (κ2) is 4.52. The summed E-state index contributed by atoms with van der Waals surface area (Å²) in [6, 6.07) is -0.214. The highest BCUT2D eigenvalue weighted by atomic mass is 16.4. The van der Waals surface area contributed by atoms with Crippen LogP contribution < -0.4 is 5.32 Å². The molecular formula is C11H18N2O4. The zero-order valence-electron chi connectivity index (χ0n) is 9.69. The van der Waals surface area contributed by atoms with Crippen molar-refractivity contribution in [2.75, 3.05) is 26.2 Å². The lowest BCUT2D eigenvalue weighted by Gasteiger charge is -2.18. The third-order valence-corrected chi connectivity index (χ3v) is 3.72. The van der Waals surface area contributed by atoms with Crippen molar-refractivity contribution in [2.24, 2.45) is 11.3 Å². The Bertz CT molecular complexity index is 327. The van der Waals surface area contributed by atoms with Crippen molar-refractivity contribution in [3.8, 4) is 0 Å². The molecular weight excluding hydrogens is 224 g/mol. The first-order valence-corrected chi connectivity index (χ1v) is 5.94. The average Bonchev–Trinajstić information content (AvgIpc) is 2.96. The number of carboxylic acids is 1. The first-order valence-electron chi connectivity index (χ1n) is 5.94. The third-order valence-electron chi connectivity index (χ3n) is 3.72. The van der Waals surface area contributed by atoms with E-state index in [1.807, 2.05) is 0 Å². The molecule has 6 heteroatoms. The molecule has 2 rings (SSSR count). The zero-order valence-corrected chi connectivity index (χ0v) is 9.69. The minimum atomic E-state index is -0.826. The first-order chi connectivity index (χ1) is 8.07. The fourth-order valence-corrected chi connectivity index (χ4v) is 2.14. The molecule has 0 aromatic heterocycles. The number of rotatable bonds is 4. The first kappa shape index (κ1) is 12.2. The minimum Gasteiger partial charge on any atom is -0.481 e. The summed E-state index contributed by atoms with van der Waals surface area (Å²) >= 11 is 0. The molecule has 1 heterocycles. The summed E-state index contributed by atoms with van der Waals surface area (Å²) in [6.07, 6.45) is 2.09. The summed E-state index contributed by atoms with van der Waals surface area (Å²) in [5, 5.41) is 20.6. The molecule has 1 saturated carbocycles. The van der Waals surface area contributed by atoms with Crippen molar-refractivity contribution in [1.82, 2.24) is 10.2 Å². The molecule has 2 fully saturated rings. The quantitative estimate of drug-likeness (QED) is 0.641. The summed E-state index contributed by atoms with van der Waals surface area (Å²) in [4.78, 5) is 24.3. The number of carbonyl (C=O) groups excluding carboxylic acids is 1. The van der Waals surface area contributed by atoms with E-state index in [-0.39, 0.29) is 25.1 Å². The molecule has 0 radical (unpaired) electrons. The van der Waals surface area contributed by atoms with Gasteiger partial charge in [0.25, 0.3) is 0 Å². The Labute approximate surface area is 99.6 Å². The van der Waals surface area contributed by atoms with E-state index in [9.17, 15) is 9.59 Å². The number of aliphatic hydroxyl groups excluding tert-OH is 1. The fraction of sp³-hybridized carbons (Fsp3) is 0.818. The van der Waals surface area contributed by atoms with E-state index >= 15 is 0 Å². The lowest BCUT2D eigenvalue weighted by molar-refractivity contribution is -0.143. The predicted molar refractivity (Wildman–Crippen MR) is 59.5 cm³/mol. The van der Waals surface area contributed by atoms with E-state index in [0.29, 0.717) is 25.9 Å². The van der Waals surface area contributed by atoms with Crippen LogP contribution in [0.3, 0.4) is 0 Å². The minimum absolute atomic E-state index is 0.100. The largest absolute Gasteiger partial charge is 0.481 e. The number of hydrogen-bond acceptors (Lipinski definition) is 3. The van der Waals surface area contributed by atoms with Crippen molar-refractivity contribution < 1.29 is 19.8 Å². The second-order valence-electron chi connectivity index (χ2n) is 5.03. The van der Waals surface area contributed by atoms with E-state index in [0.717, 1.165) is 6.42 Å². The molecule has 1 saturated heterocycles. The molecule has 6 nitrogen and oxygen atoms in total. The number of urea groups is 1. The number of aliphatic carboxylic acids is 1. The maximum Gasteiger partial charge on any atom is 0.317 e. The van der Waals surface area contributed by atoms with E-state index in [1.54, 1.807) is 4.90 Å². The van der Waals surface area contributed by atoms with Crippen LogP contribution in [-0.4, -0.2) is 53.4 Å². The summed E-state index contributed by atoms with van der Waals surface area (Å²) in [6.45, 7) is 1.50. The molecule has 1 unspecified atom stereocenters. The highest BCUT2D eigenvalue weighted by Crippen LogP contribution is 2.45. The molecule has 17 heavy (non-hydrogen) atoms. The number of nitrogens with zero attached hydrogens (tertiary/aromatic N) is 1. The third kappa shape index (κ3) is 2.52. The van der Waals surface area contributed by atoms with Crippen LogP contribution in [-0.2, 0) is 4.79 Å². The van der Waals surface area contributed by atoms with E-state index < -0.39 is 11.4 Å². The van der Waals surface area contributed by atoms with Gasteiger partial charge in [0, 0.05) is 32.2 Å². The van der Waals surface area contributed by atoms with Gasteiger partial charge >= 0.3 is 12.0 Å². The van der Waals surface area contributed by atoms with E-state index in [2.05, 4.69) is 5.32 Å². The Morgan fingerprint density at radius 3 is 2.59 bits per heavy atom. The monoisotopic (exact) mass is 242 g/mol. The van der Waals surface area contributed by atoms with Crippen LogP contribution in [0.1, 0.15) is 19.3 Å². The Balaban J connectivity index is 1.77. The fourth-order valence-electron chi connectivity index (χ4n) is 2.14. The van der Waals surface area contributed by atoms with Crippen LogP contribution in [0.25, 0.3) is 0 Å². The van der Waals surface area contributed by atoms with E-state index in [4.69, 9.17) is 10.2 Å². The number of likely N-dealkylation sites (tertiary alicyclic amines) is 1. The smallest absolute Gasteiger partial charge is 0.317 e. The number of nitrogens with one attached hydrogen (secondary N) is 1. The molecule has 3 N–H and O–H groups in total. The predicted octanol–water partition coefficient (Wildman–Crippen LogP) is -0.125. The highest BCUT2D eigenvalue weighted by molar-refractivity contribution is 5.80. The molecule has 0 spiro atoms. The highest BCUT2D eigenvalue weighted by Gasteiger charge is 2.50. The van der Waals surface area contributed by atoms with Gasteiger partial charge in [0.15, 0.2) is 0 Å². The van der Waals surface area contributed by atoms with Crippen molar-refractivity contribution in [1.29, 1.82) is 0 Å². The number of carboxylic acid groups (broad SMARTS) is 1. The van der Waals surface area contributed by atoms with Crippen LogP contribution in [0.5, 0.6) is 0 Å². The number of hydrogen-bond donors (Lipinski definition) is 3. The Morgan fingerprint density at radius 1 is 1.41 bits per heavy atom. The summed E-state index contributed by atoms with van der Waals surface area (Å²) in [7, 11) is 0. The normalized spacial score (nSPS) is 25.7. The van der Waals surface area contributed by atoms with Crippen LogP contribution in [0.2, 0.25) is 0 Å². The van der Waals surface area contributed by atoms with Crippen molar-refractivity contribution in [2.45, 2.75) is 19.3 Å². The van der Waals surface area contributed by atoms with Gasteiger partial charge in [0.2, 0.25) is 0 Å². The molecule has 1 aliphatic heterocycles. The zero-order chi connectivity index (χ0) is 12.5. The van der Waals surface area contributed by atoms with Crippen LogP contribution in [0.4, 0.5) is 4.79 Å². The molecule has 1 aliphatic carbocycles. The van der Waals surface area contributed by atoms with Gasteiger partial charge in [-0.1, -0.05) is 0 Å². The Kier molecular flexibility index (Phi) is 3.24. The molecule has 1 atom stereocenters. The van der Waals surface area contributed by atoms with Crippen LogP contribution >= 0.6 is 0 Å². The van der Waals surface area contributed by atoms with Crippen molar-refractivity contribution >= 4 is 12.0 Å². The van der Waals surface area contributed by atoms with Crippen molar-refractivity contribution in [3.05, 3.63) is 0 Å². The molecule has 0 aromatic rings. The summed E-state index contributed by atoms with van der Waals surface area (Å²) < 4.78 is 0. The van der Waals surface area contributed by atoms with Gasteiger partial charge in [-0.2, -0.15) is 0 Å². The molecule has 2 amide bonds. The molecule has 0 aromatic carbocycles. The van der Waals surface area contributed by atoms with Gasteiger partial charge in [0.05, 0.1) is 5.41 Å². The average molecular weight is 242 g/mol. The van der Waals surface area contributed by atoms with Gasteiger partial charge in [-0.05, 0) is 19.3 Å². The maximum atomic E-state index is 11.7. The number of carbonyl (C=O) groups is 2. The van der Waals surface area contributed by atoms with Crippen LogP contribution in [0, 0.1) is 11.3 Å². The summed E-state index contributed by atoms with van der Waals surface area (Å²) in [5.41, 5.74) is -0.717. The molecule has 0 bridgehead atoms. The van der Waals surface area contributed by atoms with Gasteiger partial charge in [-0.3, -0.25) is 4.79 Å². The molecule has 2 aliphatic rings. The lowest BCUT2D eigenvalue weighted by atomic mass is 10.1. The Morgan fingerprint density at radius 2 is 2.12 bits per heavy atom. The van der Waals surface area contributed by atoms with Gasteiger partial charge in [-0.15, -0.1) is 0 Å². The summed E-state index contributed by atoms with van der Waals surface area (Å²) in [5.74, 6) is -0.664. The maximum absolute atomic E-state index is 11.7. The van der Waals surface area contributed by atoms with Gasteiger partial charge < -0.3 is 20.4 Å². The van der Waals surface area contributed by atoms with Gasteiger partial charge in [-0.25, -0.2) is 4.79 Å². The Hall–Kier alpha value is -1.30. The van der Waals surface area contributed by atoms with Crippen molar-refractivity contribution in [3.63, 3.8) is 0 Å². The SMILES string of the molecule is O=C(NCC1(C(=O)O)CC1)N1CCC(CO)C1. The van der Waals surface area contributed by atoms with Gasteiger partial charge in [0.1, 0.15) is 0 Å².